The first kappa shape index (κ1) is 8.02. The third kappa shape index (κ3) is 2.67. The largest absolute Gasteiger partial charge is 0.381 e. The average molecular weight is 142 g/mol. The molecule has 1 saturated heterocycles. The van der Waals surface area contributed by atoms with Crippen molar-refractivity contribution in [3.8, 4) is 0 Å². The van der Waals surface area contributed by atoms with Gasteiger partial charge in [-0.25, -0.2) is 0 Å². The van der Waals surface area contributed by atoms with Gasteiger partial charge in [0, 0.05) is 13.2 Å². The van der Waals surface area contributed by atoms with Gasteiger partial charge in [-0.2, -0.15) is 0 Å². The topological polar surface area (TPSA) is 21.3 Å². The molecule has 0 aliphatic carbocycles. The summed E-state index contributed by atoms with van der Waals surface area (Å²) in [7, 11) is 0. The zero-order valence-corrected chi connectivity index (χ0v) is 6.44. The highest BCUT2D eigenvalue weighted by molar-refractivity contribution is 4.65. The lowest BCUT2D eigenvalue weighted by atomic mass is 10.0. The van der Waals surface area contributed by atoms with Crippen LogP contribution in [0.5, 0.6) is 0 Å². The summed E-state index contributed by atoms with van der Waals surface area (Å²) in [6, 6.07) is 0. The first-order valence-electron chi connectivity index (χ1n) is 4.01. The van der Waals surface area contributed by atoms with E-state index in [0.29, 0.717) is 0 Å². The molecule has 1 heterocycles. The molecule has 2 nitrogen and oxygen atoms in total. The van der Waals surface area contributed by atoms with Crippen molar-refractivity contribution in [3.05, 3.63) is 6.92 Å². The molecule has 0 atom stereocenters. The van der Waals surface area contributed by atoms with E-state index >= 15 is 0 Å². The van der Waals surface area contributed by atoms with Gasteiger partial charge in [0.05, 0.1) is 0 Å². The van der Waals surface area contributed by atoms with E-state index in [1.165, 1.54) is 12.8 Å². The highest BCUT2D eigenvalue weighted by Gasteiger charge is 2.11. The maximum absolute atomic E-state index is 5.24. The summed E-state index contributed by atoms with van der Waals surface area (Å²) in [6.07, 6.45) is 2.43. The van der Waals surface area contributed by atoms with E-state index in [1.54, 1.807) is 0 Å². The average Bonchev–Trinajstić information content (AvgIpc) is 2.03. The van der Waals surface area contributed by atoms with E-state index < -0.39 is 0 Å². The van der Waals surface area contributed by atoms with Crippen LogP contribution in [0.3, 0.4) is 0 Å². The summed E-state index contributed by atoms with van der Waals surface area (Å²) in [5.41, 5.74) is 0. The zero-order valence-electron chi connectivity index (χ0n) is 6.44. The molecule has 10 heavy (non-hydrogen) atoms. The molecular weight excluding hydrogens is 126 g/mol. The Bertz CT molecular complexity index is 79.3. The first-order chi connectivity index (χ1) is 4.93. The van der Waals surface area contributed by atoms with Crippen molar-refractivity contribution < 1.29 is 4.74 Å². The van der Waals surface area contributed by atoms with Crippen LogP contribution in [0.15, 0.2) is 0 Å². The summed E-state index contributed by atoms with van der Waals surface area (Å²) in [5, 5.41) is 3.25. The van der Waals surface area contributed by atoms with E-state index in [2.05, 4.69) is 12.2 Å². The molecule has 1 N–H and O–H groups in total. The van der Waals surface area contributed by atoms with E-state index in [1.807, 2.05) is 0 Å². The second kappa shape index (κ2) is 4.69. The predicted molar refractivity (Wildman–Crippen MR) is 41.8 cm³/mol. The van der Waals surface area contributed by atoms with Gasteiger partial charge < -0.3 is 10.1 Å². The molecule has 0 amide bonds. The number of ether oxygens (including phenoxy) is 1. The molecule has 1 fully saturated rings. The van der Waals surface area contributed by atoms with Crippen LogP contribution in [0.25, 0.3) is 0 Å². The fourth-order valence-corrected chi connectivity index (χ4v) is 1.26. The second-order valence-corrected chi connectivity index (χ2v) is 2.76. The molecule has 59 valence electrons. The predicted octanol–water partition coefficient (Wildman–Crippen LogP) is 0.837. The lowest BCUT2D eigenvalue weighted by Crippen LogP contribution is -2.27. The molecule has 2 heteroatoms. The van der Waals surface area contributed by atoms with Crippen LogP contribution in [-0.2, 0) is 4.74 Å². The Morgan fingerprint density at radius 1 is 1.40 bits per heavy atom. The minimum absolute atomic E-state index is 0.829. The number of hydrogen-bond acceptors (Lipinski definition) is 2. The zero-order chi connectivity index (χ0) is 7.23. The number of nitrogens with one attached hydrogen (secondary N) is 1. The van der Waals surface area contributed by atoms with Crippen LogP contribution in [0, 0.1) is 12.8 Å². The van der Waals surface area contributed by atoms with Gasteiger partial charge in [0.2, 0.25) is 0 Å². The smallest absolute Gasteiger partial charge is 0.0469 e. The van der Waals surface area contributed by atoms with Crippen molar-refractivity contribution in [2.24, 2.45) is 5.92 Å². The highest BCUT2D eigenvalue weighted by atomic mass is 16.5. The van der Waals surface area contributed by atoms with Crippen molar-refractivity contribution in [1.82, 2.24) is 5.32 Å². The van der Waals surface area contributed by atoms with E-state index in [4.69, 9.17) is 4.74 Å². The molecule has 0 aromatic rings. The van der Waals surface area contributed by atoms with Crippen LogP contribution in [0.4, 0.5) is 0 Å². The van der Waals surface area contributed by atoms with Crippen LogP contribution in [0.1, 0.15) is 12.8 Å². The van der Waals surface area contributed by atoms with Crippen molar-refractivity contribution in [2.45, 2.75) is 12.8 Å². The molecular formula is C8H16NO. The van der Waals surface area contributed by atoms with Gasteiger partial charge in [-0.05, 0) is 38.8 Å². The third-order valence-corrected chi connectivity index (χ3v) is 1.95. The minimum Gasteiger partial charge on any atom is -0.381 e. The maximum Gasteiger partial charge on any atom is 0.0469 e. The summed E-state index contributed by atoms with van der Waals surface area (Å²) in [4.78, 5) is 0. The fourth-order valence-electron chi connectivity index (χ4n) is 1.26. The van der Waals surface area contributed by atoms with Gasteiger partial charge in [0.15, 0.2) is 0 Å². The Morgan fingerprint density at radius 2 is 2.10 bits per heavy atom. The molecule has 0 bridgehead atoms. The molecule has 0 spiro atoms. The number of hydrogen-bond donors (Lipinski definition) is 1. The molecule has 0 aromatic heterocycles. The molecule has 0 unspecified atom stereocenters. The molecule has 1 aliphatic rings. The Balaban J connectivity index is 2.02. The Morgan fingerprint density at radius 3 is 2.70 bits per heavy atom. The quantitative estimate of drug-likeness (QED) is 0.630. The Hall–Kier alpha value is -0.0800. The standard InChI is InChI=1S/C8H16NO/c1-2-9-7-8-3-5-10-6-4-8/h8-9H,1-7H2. The normalized spacial score (nSPS) is 21.3. The van der Waals surface area contributed by atoms with Crippen LogP contribution in [0.2, 0.25) is 0 Å². The summed E-state index contributed by atoms with van der Waals surface area (Å²) < 4.78 is 5.24. The molecule has 1 radical (unpaired) electrons. The lowest BCUT2D eigenvalue weighted by molar-refractivity contribution is 0.0666. The van der Waals surface area contributed by atoms with Crippen LogP contribution >= 0.6 is 0 Å². The van der Waals surface area contributed by atoms with Gasteiger partial charge >= 0.3 is 0 Å². The minimum atomic E-state index is 0.829. The van der Waals surface area contributed by atoms with Crippen molar-refractivity contribution in [3.63, 3.8) is 0 Å². The van der Waals surface area contributed by atoms with Gasteiger partial charge in [-0.1, -0.05) is 0 Å². The van der Waals surface area contributed by atoms with Gasteiger partial charge in [-0.3, -0.25) is 0 Å². The van der Waals surface area contributed by atoms with Crippen molar-refractivity contribution in [1.29, 1.82) is 0 Å². The summed E-state index contributed by atoms with van der Waals surface area (Å²) >= 11 is 0. The number of rotatable bonds is 3. The monoisotopic (exact) mass is 142 g/mol. The molecule has 0 aromatic carbocycles. The van der Waals surface area contributed by atoms with E-state index in [-0.39, 0.29) is 0 Å². The van der Waals surface area contributed by atoms with E-state index in [0.717, 1.165) is 32.2 Å². The van der Waals surface area contributed by atoms with Crippen molar-refractivity contribution in [2.75, 3.05) is 26.3 Å². The highest BCUT2D eigenvalue weighted by Crippen LogP contribution is 2.12. The molecule has 1 rings (SSSR count). The SMILES string of the molecule is [CH2]CNCC1CCOCC1. The summed E-state index contributed by atoms with van der Waals surface area (Å²) in [6.45, 7) is 7.59. The first-order valence-corrected chi connectivity index (χ1v) is 4.01. The van der Waals surface area contributed by atoms with Crippen LogP contribution in [-0.4, -0.2) is 26.3 Å². The molecule has 1 aliphatic heterocycles. The van der Waals surface area contributed by atoms with Gasteiger partial charge in [-0.15, -0.1) is 0 Å². The fraction of sp³-hybridized carbons (Fsp3) is 0.875. The van der Waals surface area contributed by atoms with Crippen molar-refractivity contribution >= 4 is 0 Å². The lowest BCUT2D eigenvalue weighted by Gasteiger charge is -2.21. The Kier molecular flexibility index (Phi) is 3.76. The van der Waals surface area contributed by atoms with E-state index in [9.17, 15) is 0 Å². The maximum atomic E-state index is 5.24. The van der Waals surface area contributed by atoms with Gasteiger partial charge in [0.25, 0.3) is 0 Å². The van der Waals surface area contributed by atoms with Crippen LogP contribution < -0.4 is 5.32 Å². The Labute approximate surface area is 63.0 Å². The molecule has 0 saturated carbocycles. The summed E-state index contributed by atoms with van der Waals surface area (Å²) in [5.74, 6) is 0.829. The van der Waals surface area contributed by atoms with Gasteiger partial charge in [0.1, 0.15) is 0 Å². The second-order valence-electron chi connectivity index (χ2n) is 2.76. The third-order valence-electron chi connectivity index (χ3n) is 1.95.